The van der Waals surface area contributed by atoms with Crippen LogP contribution in [0, 0.1) is 20.8 Å². The first-order valence-corrected chi connectivity index (χ1v) is 8.05. The zero-order chi connectivity index (χ0) is 14.4. The van der Waals surface area contributed by atoms with E-state index in [1.165, 1.54) is 17.8 Å². The van der Waals surface area contributed by atoms with Gasteiger partial charge in [0, 0.05) is 11.4 Å². The smallest absolute Gasteiger partial charge is 0.261 e. The Balaban J connectivity index is 2.06. The second-order valence-electron chi connectivity index (χ2n) is 5.47. The first-order chi connectivity index (χ1) is 9.49. The molecule has 0 bridgehead atoms. The predicted octanol–water partition coefficient (Wildman–Crippen LogP) is 4.16. The average molecular weight is 309 g/mol. The van der Waals surface area contributed by atoms with Crippen LogP contribution in [0.2, 0.25) is 5.02 Å². The maximum atomic E-state index is 12.4. The summed E-state index contributed by atoms with van der Waals surface area (Å²) < 4.78 is 0. The highest BCUT2D eigenvalue weighted by atomic mass is 35.5. The van der Waals surface area contributed by atoms with Crippen molar-refractivity contribution in [1.29, 1.82) is 0 Å². The van der Waals surface area contributed by atoms with Crippen LogP contribution in [-0.2, 0) is 0 Å². The summed E-state index contributed by atoms with van der Waals surface area (Å²) in [6.07, 6.45) is 3.40. The summed E-state index contributed by atoms with van der Waals surface area (Å²) in [7, 11) is 0. The Morgan fingerprint density at radius 2 is 2.00 bits per heavy atom. The zero-order valence-corrected chi connectivity index (χ0v) is 13.4. The minimum absolute atomic E-state index is 0.0309. The van der Waals surface area contributed by atoms with E-state index >= 15 is 0 Å². The highest BCUT2D eigenvalue weighted by Gasteiger charge is 2.24. The molecule has 2 aromatic heterocycles. The molecule has 0 saturated heterocycles. The van der Waals surface area contributed by atoms with Crippen LogP contribution in [0.15, 0.2) is 0 Å². The third-order valence-corrected chi connectivity index (χ3v) is 5.81. The summed E-state index contributed by atoms with van der Waals surface area (Å²) in [5, 5.41) is 4.82. The second kappa shape index (κ2) is 5.01. The normalized spacial score (nSPS) is 15.4. The van der Waals surface area contributed by atoms with Crippen LogP contribution < -0.4 is 5.32 Å². The number of hydrogen-bond donors (Lipinski definition) is 1. The molecule has 0 unspecified atom stereocenters. The number of aromatic nitrogens is 1. The maximum Gasteiger partial charge on any atom is 0.261 e. The lowest BCUT2D eigenvalue weighted by Gasteiger charge is -2.26. The van der Waals surface area contributed by atoms with Gasteiger partial charge in [0.1, 0.15) is 4.83 Å². The highest BCUT2D eigenvalue weighted by molar-refractivity contribution is 7.20. The van der Waals surface area contributed by atoms with Gasteiger partial charge in [0.2, 0.25) is 0 Å². The Labute approximate surface area is 127 Å². The lowest BCUT2D eigenvalue weighted by Crippen LogP contribution is -2.39. The monoisotopic (exact) mass is 308 g/mol. The van der Waals surface area contributed by atoms with Gasteiger partial charge in [-0.1, -0.05) is 11.6 Å². The molecular weight excluding hydrogens is 292 g/mol. The van der Waals surface area contributed by atoms with Crippen LogP contribution in [0.5, 0.6) is 0 Å². The number of fused-ring (bicyclic) bond motifs is 1. The van der Waals surface area contributed by atoms with E-state index in [4.69, 9.17) is 11.6 Å². The van der Waals surface area contributed by atoms with Gasteiger partial charge < -0.3 is 5.32 Å². The number of aryl methyl sites for hydroxylation is 3. The molecule has 3 rings (SSSR count). The van der Waals surface area contributed by atoms with Crippen molar-refractivity contribution in [2.45, 2.75) is 46.1 Å². The van der Waals surface area contributed by atoms with Crippen molar-refractivity contribution in [3.8, 4) is 0 Å². The summed E-state index contributed by atoms with van der Waals surface area (Å²) in [4.78, 5) is 18.5. The highest BCUT2D eigenvalue weighted by Crippen LogP contribution is 2.36. The van der Waals surface area contributed by atoms with Crippen LogP contribution in [0.4, 0.5) is 0 Å². The molecule has 2 aromatic rings. The number of nitrogens with one attached hydrogen (secondary N) is 1. The number of hydrogen-bond acceptors (Lipinski definition) is 3. The van der Waals surface area contributed by atoms with Gasteiger partial charge in [-0.15, -0.1) is 11.3 Å². The Morgan fingerprint density at radius 1 is 1.30 bits per heavy atom. The van der Waals surface area contributed by atoms with Crippen LogP contribution in [0.3, 0.4) is 0 Å². The lowest BCUT2D eigenvalue weighted by molar-refractivity contribution is 0.0920. The molecule has 0 atom stereocenters. The van der Waals surface area contributed by atoms with Crippen molar-refractivity contribution in [2.24, 2.45) is 0 Å². The van der Waals surface area contributed by atoms with E-state index < -0.39 is 0 Å². The Morgan fingerprint density at radius 3 is 2.60 bits per heavy atom. The van der Waals surface area contributed by atoms with Gasteiger partial charge in [-0.3, -0.25) is 4.79 Å². The van der Waals surface area contributed by atoms with Crippen molar-refractivity contribution < 1.29 is 4.79 Å². The Hall–Kier alpha value is -1.13. The lowest BCUT2D eigenvalue weighted by atomic mass is 9.93. The van der Waals surface area contributed by atoms with Crippen LogP contribution in [-0.4, -0.2) is 16.9 Å². The fourth-order valence-electron chi connectivity index (χ4n) is 2.62. The number of thiophene rings is 1. The number of carbonyl (C=O) groups excluding carboxylic acids is 1. The van der Waals surface area contributed by atoms with E-state index in [1.807, 2.05) is 20.8 Å². The van der Waals surface area contributed by atoms with Crippen LogP contribution in [0.25, 0.3) is 10.2 Å². The molecule has 1 aliphatic carbocycles. The number of nitrogens with zero attached hydrogens (tertiary/aromatic N) is 1. The van der Waals surface area contributed by atoms with E-state index in [-0.39, 0.29) is 5.91 Å². The molecule has 2 heterocycles. The molecule has 20 heavy (non-hydrogen) atoms. The van der Waals surface area contributed by atoms with Crippen molar-refractivity contribution in [3.63, 3.8) is 0 Å². The topological polar surface area (TPSA) is 42.0 Å². The molecule has 0 spiro atoms. The largest absolute Gasteiger partial charge is 0.349 e. The first kappa shape index (κ1) is 13.8. The van der Waals surface area contributed by atoms with Gasteiger partial charge in [-0.2, -0.15) is 0 Å². The third kappa shape index (κ3) is 2.11. The summed E-state index contributed by atoms with van der Waals surface area (Å²) in [6, 6.07) is 0.353. The summed E-state index contributed by atoms with van der Waals surface area (Å²) in [5.74, 6) is 0.0309. The van der Waals surface area contributed by atoms with Gasteiger partial charge >= 0.3 is 0 Å². The van der Waals surface area contributed by atoms with E-state index in [2.05, 4.69) is 10.3 Å². The van der Waals surface area contributed by atoms with Crippen LogP contribution >= 0.6 is 22.9 Å². The van der Waals surface area contributed by atoms with Gasteiger partial charge in [0.25, 0.3) is 5.91 Å². The minimum atomic E-state index is 0.0309. The van der Waals surface area contributed by atoms with Gasteiger partial charge in [-0.05, 0) is 51.2 Å². The SMILES string of the molecule is Cc1nc2sc(C(=O)NC3CCC3)c(C)c2c(C)c1Cl. The summed E-state index contributed by atoms with van der Waals surface area (Å²) in [6.45, 7) is 5.87. The third-order valence-electron chi connectivity index (χ3n) is 4.07. The van der Waals surface area contributed by atoms with E-state index in [0.29, 0.717) is 11.1 Å². The molecule has 106 valence electrons. The second-order valence-corrected chi connectivity index (χ2v) is 6.85. The van der Waals surface area contributed by atoms with Gasteiger partial charge in [-0.25, -0.2) is 4.98 Å². The Bertz CT molecular complexity index is 704. The van der Waals surface area contributed by atoms with Crippen molar-refractivity contribution >= 4 is 39.1 Å². The predicted molar refractivity (Wildman–Crippen MR) is 83.9 cm³/mol. The molecule has 1 aliphatic rings. The zero-order valence-electron chi connectivity index (χ0n) is 11.8. The molecule has 5 heteroatoms. The molecule has 1 fully saturated rings. The number of amides is 1. The number of carbonyl (C=O) groups is 1. The standard InChI is InChI=1S/C15H17ClN2OS/c1-7-11-8(2)13(14(19)18-10-5-4-6-10)20-15(11)17-9(3)12(7)16/h10H,4-6H2,1-3H3,(H,18,19). The van der Waals surface area contributed by atoms with Gasteiger partial charge in [0.05, 0.1) is 15.6 Å². The fraction of sp³-hybridized carbons (Fsp3) is 0.467. The summed E-state index contributed by atoms with van der Waals surface area (Å²) in [5.41, 5.74) is 2.84. The molecule has 3 nitrogen and oxygen atoms in total. The van der Waals surface area contributed by atoms with Crippen molar-refractivity contribution in [2.75, 3.05) is 0 Å². The summed E-state index contributed by atoms with van der Waals surface area (Å²) >= 11 is 7.74. The minimum Gasteiger partial charge on any atom is -0.349 e. The molecule has 1 saturated carbocycles. The maximum absolute atomic E-state index is 12.4. The van der Waals surface area contributed by atoms with E-state index in [0.717, 1.165) is 44.8 Å². The molecule has 0 aliphatic heterocycles. The average Bonchev–Trinajstić information content (AvgIpc) is 2.68. The quantitative estimate of drug-likeness (QED) is 0.905. The fourth-order valence-corrected chi connectivity index (χ4v) is 3.95. The number of rotatable bonds is 2. The molecule has 0 aromatic carbocycles. The van der Waals surface area contributed by atoms with Gasteiger partial charge in [0.15, 0.2) is 0 Å². The molecule has 1 N–H and O–H groups in total. The Kier molecular flexibility index (Phi) is 3.46. The molecule has 1 amide bonds. The van der Waals surface area contributed by atoms with Crippen molar-refractivity contribution in [1.82, 2.24) is 10.3 Å². The van der Waals surface area contributed by atoms with Crippen molar-refractivity contribution in [3.05, 3.63) is 26.7 Å². The van der Waals surface area contributed by atoms with E-state index in [1.54, 1.807) is 0 Å². The molecular formula is C15H17ClN2OS. The van der Waals surface area contributed by atoms with E-state index in [9.17, 15) is 4.79 Å². The van der Waals surface area contributed by atoms with Crippen LogP contribution in [0.1, 0.15) is 45.8 Å². The number of pyridine rings is 1. The molecule has 0 radical (unpaired) electrons. The first-order valence-electron chi connectivity index (χ1n) is 6.85. The number of halogens is 1.